The first-order valence-corrected chi connectivity index (χ1v) is 20.8. The number of furan rings is 1. The van der Waals surface area contributed by atoms with Gasteiger partial charge >= 0.3 is 0 Å². The van der Waals surface area contributed by atoms with Crippen molar-refractivity contribution in [2.24, 2.45) is 5.41 Å². The van der Waals surface area contributed by atoms with E-state index in [4.69, 9.17) is 9.40 Å². The number of aromatic nitrogens is 2. The molecule has 4 aromatic carbocycles. The summed E-state index contributed by atoms with van der Waals surface area (Å²) >= 11 is 0. The quantitative estimate of drug-likeness (QED) is 0.128. The molecule has 0 aliphatic rings. The first-order chi connectivity index (χ1) is 24.1. The van der Waals surface area contributed by atoms with E-state index in [2.05, 4.69) is 109 Å². The Balaban J connectivity index is 0.000000210. The Hall–Kier alpha value is -4.29. The predicted octanol–water partition coefficient (Wildman–Crippen LogP) is 12.0. The van der Waals surface area contributed by atoms with Crippen molar-refractivity contribution >= 4 is 35.2 Å². The van der Waals surface area contributed by atoms with Gasteiger partial charge in [0.2, 0.25) is 0 Å². The van der Waals surface area contributed by atoms with Crippen molar-refractivity contribution in [2.75, 3.05) is 0 Å². The molecule has 0 N–H and O–H groups in total. The fourth-order valence-corrected chi connectivity index (χ4v) is 8.47. The zero-order valence-electron chi connectivity index (χ0n) is 31.3. The monoisotopic (exact) mass is 887 g/mol. The molecule has 0 fully saturated rings. The number of nitrogens with zero attached hydrogens (tertiary/aromatic N) is 2. The smallest absolute Gasteiger partial charge is 0.126 e. The molecule has 0 spiro atoms. The second kappa shape index (κ2) is 15.4. The first-order valence-electron chi connectivity index (χ1n) is 17.3. The van der Waals surface area contributed by atoms with E-state index in [9.17, 15) is 8.78 Å². The fourth-order valence-electron chi connectivity index (χ4n) is 6.90. The van der Waals surface area contributed by atoms with Gasteiger partial charge in [-0.15, -0.1) is 48.0 Å². The molecule has 0 amide bonds. The number of fused-ring (bicyclic) bond motifs is 3. The van der Waals surface area contributed by atoms with Crippen LogP contribution in [0.1, 0.15) is 43.0 Å². The maximum Gasteiger partial charge on any atom is 0.126 e. The summed E-state index contributed by atoms with van der Waals surface area (Å²) < 4.78 is 34.1. The van der Waals surface area contributed by atoms with Gasteiger partial charge in [0, 0.05) is 49.8 Å². The molecule has 0 unspecified atom stereocenters. The van der Waals surface area contributed by atoms with Gasteiger partial charge in [0.25, 0.3) is 0 Å². The van der Waals surface area contributed by atoms with Gasteiger partial charge in [-0.2, -0.15) is 0 Å². The van der Waals surface area contributed by atoms with Crippen molar-refractivity contribution in [3.63, 3.8) is 0 Å². The van der Waals surface area contributed by atoms with Gasteiger partial charge in [-0.3, -0.25) is 4.39 Å². The number of rotatable bonds is 5. The second-order valence-electron chi connectivity index (χ2n) is 15.7. The van der Waals surface area contributed by atoms with Crippen LogP contribution in [0.2, 0.25) is 19.6 Å². The standard InChI is InChI=1S/C26H18F2NO.C19H26NSi.Ir/c1-14-10-15(2)24(16(3)11-14)17-8-9-29-22(12-17)19-6-7-21(28)25-20-5-4-18(27)13-23(20)30-26(19)25;1-19(2,3)13-16-12-17(15-10-8-7-9-11-15)20-14-18(16)21(4,5)6;/h4-5,7-13H,1-3H3;7-10,12,14H,13H2,1-6H3;/q2*-1;. The zero-order valence-corrected chi connectivity index (χ0v) is 34.7. The number of aryl methyl sites for hydroxylation is 3. The van der Waals surface area contributed by atoms with Gasteiger partial charge < -0.3 is 14.4 Å². The van der Waals surface area contributed by atoms with Crippen molar-refractivity contribution in [3.8, 4) is 33.6 Å². The Morgan fingerprint density at radius 3 is 2.21 bits per heavy atom. The Morgan fingerprint density at radius 2 is 1.56 bits per heavy atom. The summed E-state index contributed by atoms with van der Waals surface area (Å²) in [5.41, 5.74) is 11.4. The van der Waals surface area contributed by atoms with Gasteiger partial charge in [0.15, 0.2) is 0 Å². The summed E-state index contributed by atoms with van der Waals surface area (Å²) in [6, 6.07) is 30.2. The van der Waals surface area contributed by atoms with Crippen molar-refractivity contribution in [2.45, 2.75) is 67.6 Å². The maximum atomic E-state index is 14.6. The molecular weight excluding hydrogens is 843 g/mol. The number of pyridine rings is 2. The van der Waals surface area contributed by atoms with E-state index in [1.165, 1.54) is 51.7 Å². The maximum absolute atomic E-state index is 14.6. The van der Waals surface area contributed by atoms with Crippen molar-refractivity contribution in [1.29, 1.82) is 0 Å². The molecule has 0 saturated carbocycles. The third kappa shape index (κ3) is 8.49. The number of halogens is 2. The summed E-state index contributed by atoms with van der Waals surface area (Å²) in [4.78, 5) is 9.20. The Bertz CT molecular complexity index is 2350. The van der Waals surface area contributed by atoms with Crippen LogP contribution in [0, 0.1) is 50.0 Å². The minimum absolute atomic E-state index is 0. The molecular formula is C45H44F2IrN2OSi-2. The summed E-state index contributed by atoms with van der Waals surface area (Å²) in [5.74, 6) is -0.890. The molecule has 0 saturated heterocycles. The summed E-state index contributed by atoms with van der Waals surface area (Å²) in [7, 11) is -1.37. The van der Waals surface area contributed by atoms with Crippen molar-refractivity contribution in [3.05, 3.63) is 137 Å². The van der Waals surface area contributed by atoms with E-state index in [0.29, 0.717) is 33.2 Å². The van der Waals surface area contributed by atoms with Crippen LogP contribution in [0.4, 0.5) is 8.78 Å². The van der Waals surface area contributed by atoms with E-state index in [1.54, 1.807) is 6.20 Å². The fraction of sp³-hybridized carbons (Fsp3) is 0.244. The predicted molar refractivity (Wildman–Crippen MR) is 210 cm³/mol. The van der Waals surface area contributed by atoms with Crippen molar-refractivity contribution < 1.29 is 33.3 Å². The Labute approximate surface area is 320 Å². The van der Waals surface area contributed by atoms with Crippen LogP contribution in [-0.4, -0.2) is 18.0 Å². The normalized spacial score (nSPS) is 11.7. The Kier molecular flexibility index (Phi) is 11.5. The summed E-state index contributed by atoms with van der Waals surface area (Å²) in [6.07, 6.45) is 4.94. The van der Waals surface area contributed by atoms with Gasteiger partial charge in [-0.1, -0.05) is 81.4 Å². The van der Waals surface area contributed by atoms with Crippen LogP contribution in [-0.2, 0) is 26.5 Å². The summed E-state index contributed by atoms with van der Waals surface area (Å²) in [6.45, 7) is 20.3. The van der Waals surface area contributed by atoms with Crippen LogP contribution in [0.5, 0.6) is 0 Å². The minimum atomic E-state index is -1.37. The SMILES string of the molecule is CC(C)(C)Cc1cc(-c2[c-]cccc2)ncc1[Si](C)(C)C.Cc1cc(C)c(-c2ccnc(-c3[c-]cc(F)c4c3oc3cc(F)ccc34)c2)c(C)c1.[Ir]. The van der Waals surface area contributed by atoms with E-state index in [0.717, 1.165) is 28.8 Å². The van der Waals surface area contributed by atoms with E-state index < -0.39 is 19.7 Å². The molecule has 0 aliphatic heterocycles. The third-order valence-electron chi connectivity index (χ3n) is 8.95. The second-order valence-corrected chi connectivity index (χ2v) is 20.7. The molecule has 52 heavy (non-hydrogen) atoms. The molecule has 269 valence electrons. The third-order valence-corrected chi connectivity index (χ3v) is 11.0. The van der Waals surface area contributed by atoms with Gasteiger partial charge in [0.05, 0.1) is 13.7 Å². The Morgan fingerprint density at radius 1 is 0.827 bits per heavy atom. The minimum Gasteiger partial charge on any atom is -0.500 e. The molecule has 7 aromatic rings. The average Bonchev–Trinajstić information content (AvgIpc) is 3.43. The van der Waals surface area contributed by atoms with Crippen LogP contribution < -0.4 is 5.19 Å². The largest absolute Gasteiger partial charge is 0.500 e. The molecule has 7 rings (SSSR count). The van der Waals surface area contributed by atoms with E-state index in [-0.39, 0.29) is 25.5 Å². The first kappa shape index (κ1) is 38.9. The van der Waals surface area contributed by atoms with E-state index >= 15 is 0 Å². The van der Waals surface area contributed by atoms with Crippen LogP contribution in [0.15, 0.2) is 95.7 Å². The van der Waals surface area contributed by atoms with Gasteiger partial charge in [0.1, 0.15) is 11.4 Å². The van der Waals surface area contributed by atoms with Gasteiger partial charge in [-0.25, -0.2) is 4.39 Å². The van der Waals surface area contributed by atoms with Crippen LogP contribution in [0.25, 0.3) is 55.6 Å². The average molecular weight is 887 g/mol. The molecule has 3 nitrogen and oxygen atoms in total. The van der Waals surface area contributed by atoms with Gasteiger partial charge in [-0.05, 0) is 95.0 Å². The molecule has 3 aromatic heterocycles. The molecule has 0 bridgehead atoms. The zero-order chi connectivity index (χ0) is 36.7. The molecule has 0 atom stereocenters. The molecule has 7 heteroatoms. The number of hydrogen-bond donors (Lipinski definition) is 0. The molecule has 3 heterocycles. The molecule has 1 radical (unpaired) electrons. The topological polar surface area (TPSA) is 38.9 Å². The van der Waals surface area contributed by atoms with Crippen molar-refractivity contribution in [1.82, 2.24) is 9.97 Å². The molecule has 0 aliphatic carbocycles. The summed E-state index contributed by atoms with van der Waals surface area (Å²) in [5, 5.41) is 2.33. The van der Waals surface area contributed by atoms with Crippen LogP contribution >= 0.6 is 0 Å². The van der Waals surface area contributed by atoms with E-state index in [1.807, 2.05) is 30.3 Å². The number of benzene rings is 4. The van der Waals surface area contributed by atoms with Crippen LogP contribution in [0.3, 0.4) is 0 Å². The number of hydrogen-bond acceptors (Lipinski definition) is 3.